The van der Waals surface area contributed by atoms with E-state index in [0.29, 0.717) is 52.2 Å². The smallest absolute Gasteiger partial charge is 0.247 e. The number of nitrogens with zero attached hydrogens (tertiary/aromatic N) is 4. The maximum Gasteiger partial charge on any atom is 0.247 e. The van der Waals surface area contributed by atoms with E-state index >= 15 is 0 Å². The zero-order chi connectivity index (χ0) is 33.0. The molecule has 47 heavy (non-hydrogen) atoms. The minimum atomic E-state index is -0.803. The van der Waals surface area contributed by atoms with E-state index in [1.54, 1.807) is 33.7 Å². The van der Waals surface area contributed by atoms with Gasteiger partial charge in [0.05, 0.1) is 42.4 Å². The summed E-state index contributed by atoms with van der Waals surface area (Å²) in [6, 6.07) is 17.8. The number of amides is 3. The van der Waals surface area contributed by atoms with Gasteiger partial charge in [0, 0.05) is 50.2 Å². The second kappa shape index (κ2) is 14.8. The monoisotopic (exact) mass is 658 g/mol. The number of likely N-dealkylation sites (tertiary alicyclic amines) is 1. The van der Waals surface area contributed by atoms with E-state index in [9.17, 15) is 19.5 Å². The fourth-order valence-electron chi connectivity index (χ4n) is 8.13. The van der Waals surface area contributed by atoms with Crippen molar-refractivity contribution in [3.63, 3.8) is 0 Å². The molecule has 1 N–H and O–H groups in total. The van der Waals surface area contributed by atoms with Gasteiger partial charge in [-0.1, -0.05) is 60.7 Å². The Morgan fingerprint density at radius 2 is 1.70 bits per heavy atom. The molecule has 2 aromatic carbocycles. The Morgan fingerprint density at radius 1 is 1.02 bits per heavy atom. The molecule has 2 aromatic rings. The van der Waals surface area contributed by atoms with Crippen molar-refractivity contribution in [1.82, 2.24) is 14.7 Å². The van der Waals surface area contributed by atoms with Crippen molar-refractivity contribution in [2.24, 2.45) is 11.8 Å². The van der Waals surface area contributed by atoms with Gasteiger partial charge < -0.3 is 24.5 Å². The number of morpholine rings is 1. The number of carbonyl (C=O) groups is 3. The van der Waals surface area contributed by atoms with Gasteiger partial charge >= 0.3 is 0 Å². The summed E-state index contributed by atoms with van der Waals surface area (Å²) in [5.74, 6) is -1.70. The molecule has 10 heteroatoms. The molecule has 1 spiro atoms. The van der Waals surface area contributed by atoms with Gasteiger partial charge in [-0.2, -0.15) is 0 Å². The second-order valence-corrected chi connectivity index (χ2v) is 14.5. The molecule has 0 saturated carbocycles. The normalized spacial score (nSPS) is 27.3. The van der Waals surface area contributed by atoms with E-state index in [0.717, 1.165) is 30.8 Å². The van der Waals surface area contributed by atoms with Crippen molar-refractivity contribution in [3.05, 3.63) is 91.5 Å². The van der Waals surface area contributed by atoms with Crippen molar-refractivity contribution >= 4 is 35.2 Å². The minimum absolute atomic E-state index is 0.0761. The number of carbonyl (C=O) groups excluding carboxylic acids is 3. The molecule has 2 unspecified atom stereocenters. The maximum atomic E-state index is 14.9. The van der Waals surface area contributed by atoms with Crippen LogP contribution in [0, 0.1) is 11.8 Å². The lowest BCUT2D eigenvalue weighted by Crippen LogP contribution is -2.58. The molecule has 0 aromatic heterocycles. The van der Waals surface area contributed by atoms with Crippen LogP contribution in [-0.4, -0.2) is 119 Å². The third-order valence-corrected chi connectivity index (χ3v) is 12.2. The summed E-state index contributed by atoms with van der Waals surface area (Å²) < 4.78 is 4.75. The molecule has 4 heterocycles. The Balaban J connectivity index is 1.37. The van der Waals surface area contributed by atoms with E-state index in [-0.39, 0.29) is 29.6 Å². The van der Waals surface area contributed by atoms with Gasteiger partial charge in [0.1, 0.15) is 6.04 Å². The van der Waals surface area contributed by atoms with E-state index in [4.69, 9.17) is 4.74 Å². The number of benzene rings is 2. The summed E-state index contributed by atoms with van der Waals surface area (Å²) in [6.07, 6.45) is 5.26. The van der Waals surface area contributed by atoms with E-state index in [1.165, 1.54) is 0 Å². The van der Waals surface area contributed by atoms with Crippen LogP contribution >= 0.6 is 11.8 Å². The van der Waals surface area contributed by atoms with E-state index in [2.05, 4.69) is 18.1 Å². The zero-order valence-electron chi connectivity index (χ0n) is 27.0. The highest BCUT2D eigenvalue weighted by Gasteiger charge is 2.74. The maximum absolute atomic E-state index is 14.9. The molecule has 0 aliphatic carbocycles. The first kappa shape index (κ1) is 33.5. The highest BCUT2D eigenvalue weighted by Crippen LogP contribution is 2.67. The van der Waals surface area contributed by atoms with Crippen molar-refractivity contribution in [2.45, 2.75) is 41.3 Å². The number of hydrogen-bond acceptors (Lipinski definition) is 7. The predicted octanol–water partition coefficient (Wildman–Crippen LogP) is 3.25. The van der Waals surface area contributed by atoms with Crippen LogP contribution < -0.4 is 4.90 Å². The largest absolute Gasteiger partial charge is 0.394 e. The highest BCUT2D eigenvalue weighted by atomic mass is 32.2. The van der Waals surface area contributed by atoms with Gasteiger partial charge in [0.2, 0.25) is 17.7 Å². The molecule has 9 nitrogen and oxygen atoms in total. The molecular formula is C37H46N4O5S. The first-order valence-corrected chi connectivity index (χ1v) is 17.6. The number of rotatable bonds is 14. The Hall–Kier alpha value is -3.44. The minimum Gasteiger partial charge on any atom is -0.394 e. The molecule has 2 bridgehead atoms. The van der Waals surface area contributed by atoms with Crippen molar-refractivity contribution in [3.8, 4) is 0 Å². The van der Waals surface area contributed by atoms with Gasteiger partial charge in [-0.25, -0.2) is 0 Å². The number of ether oxygens (including phenoxy) is 1. The number of hydrogen-bond donors (Lipinski definition) is 1. The van der Waals surface area contributed by atoms with Crippen LogP contribution in [0.25, 0.3) is 0 Å². The Morgan fingerprint density at radius 3 is 2.36 bits per heavy atom. The summed E-state index contributed by atoms with van der Waals surface area (Å²) in [6.45, 7) is 12.4. The SMILES string of the molecule is C=CCN(CCN1CCOCC1)C(=O)C1N([C@@H](CO)Cc2ccccc2)C(=O)[C@@H]2[C@@H](C(=O)N(CC=C)c3ccccc3)[C@H]3CCC12S3. The summed E-state index contributed by atoms with van der Waals surface area (Å²) in [7, 11) is 0. The molecule has 6 atom stereocenters. The molecule has 0 radical (unpaired) electrons. The number of anilines is 1. The van der Waals surface area contributed by atoms with Gasteiger partial charge in [0.25, 0.3) is 0 Å². The summed E-state index contributed by atoms with van der Waals surface area (Å²) in [4.78, 5) is 51.9. The summed E-state index contributed by atoms with van der Waals surface area (Å²) >= 11 is 1.66. The lowest BCUT2D eigenvalue weighted by Gasteiger charge is -2.40. The summed E-state index contributed by atoms with van der Waals surface area (Å²) in [5, 5.41) is 10.8. The molecule has 4 aliphatic rings. The number of aliphatic hydroxyl groups excluding tert-OH is 1. The number of fused-ring (bicyclic) bond motifs is 1. The Labute approximate surface area is 282 Å². The van der Waals surface area contributed by atoms with Crippen LogP contribution in [0.5, 0.6) is 0 Å². The van der Waals surface area contributed by atoms with Gasteiger partial charge in [-0.3, -0.25) is 19.3 Å². The quantitative estimate of drug-likeness (QED) is 0.312. The van der Waals surface area contributed by atoms with Crippen LogP contribution in [-0.2, 0) is 25.5 Å². The molecule has 4 saturated heterocycles. The first-order valence-electron chi connectivity index (χ1n) is 16.8. The predicted molar refractivity (Wildman–Crippen MR) is 185 cm³/mol. The highest BCUT2D eigenvalue weighted by molar-refractivity contribution is 8.02. The van der Waals surface area contributed by atoms with Crippen molar-refractivity contribution in [2.75, 3.05) is 64.0 Å². The Bertz CT molecular complexity index is 1440. The van der Waals surface area contributed by atoms with Crippen LogP contribution in [0.3, 0.4) is 0 Å². The average Bonchev–Trinajstić information content (AvgIpc) is 3.76. The number of para-hydroxylation sites is 1. The molecule has 3 amide bonds. The van der Waals surface area contributed by atoms with Crippen LogP contribution in [0.15, 0.2) is 86.0 Å². The van der Waals surface area contributed by atoms with Crippen LogP contribution in [0.2, 0.25) is 0 Å². The second-order valence-electron chi connectivity index (χ2n) is 12.9. The van der Waals surface area contributed by atoms with Gasteiger partial charge in [-0.05, 0) is 37.0 Å². The molecule has 6 rings (SSSR count). The molecule has 250 valence electrons. The zero-order valence-corrected chi connectivity index (χ0v) is 27.8. The fourth-order valence-corrected chi connectivity index (χ4v) is 10.3. The topological polar surface area (TPSA) is 93.6 Å². The fraction of sp³-hybridized carbons (Fsp3) is 0.486. The van der Waals surface area contributed by atoms with Crippen molar-refractivity contribution in [1.29, 1.82) is 0 Å². The summed E-state index contributed by atoms with van der Waals surface area (Å²) in [5.41, 5.74) is 1.73. The molecule has 4 fully saturated rings. The first-order chi connectivity index (χ1) is 22.9. The third kappa shape index (κ3) is 6.40. The lowest BCUT2D eigenvalue weighted by atomic mass is 9.70. The van der Waals surface area contributed by atoms with Crippen molar-refractivity contribution < 1.29 is 24.2 Å². The van der Waals surface area contributed by atoms with E-state index < -0.39 is 28.7 Å². The van der Waals surface area contributed by atoms with E-state index in [1.807, 2.05) is 65.6 Å². The number of aliphatic hydroxyl groups is 1. The standard InChI is InChI=1S/C37H46N4O5S/c1-3-17-39(20-19-38-21-23-46-24-22-38)36(45)33-37-16-15-30(47-37)31(34(43)40(18-4-2)28-13-9-6-10-14-28)32(37)35(44)41(33)29(26-42)25-27-11-7-5-8-12-27/h3-14,29-33,42H,1-2,15-26H2/t29-,30-,31+,32+,33?,37?/m1/s1. The number of thioether (sulfide) groups is 1. The van der Waals surface area contributed by atoms with Gasteiger partial charge in [0.15, 0.2) is 0 Å². The third-order valence-electron chi connectivity index (χ3n) is 10.3. The molecule has 4 aliphatic heterocycles. The molecular weight excluding hydrogens is 612 g/mol. The Kier molecular flexibility index (Phi) is 10.5. The lowest BCUT2D eigenvalue weighted by molar-refractivity contribution is -0.145. The van der Waals surface area contributed by atoms with Gasteiger partial charge in [-0.15, -0.1) is 24.9 Å². The van der Waals surface area contributed by atoms with Crippen LogP contribution in [0.4, 0.5) is 5.69 Å². The van der Waals surface area contributed by atoms with Crippen LogP contribution in [0.1, 0.15) is 18.4 Å². The average molecular weight is 659 g/mol.